The third-order valence-electron chi connectivity index (χ3n) is 2.61. The second kappa shape index (κ2) is 6.91. The van der Waals surface area contributed by atoms with Crippen LogP contribution >= 0.6 is 0 Å². The minimum Gasteiger partial charge on any atom is -0.496 e. The highest BCUT2D eigenvalue weighted by Crippen LogP contribution is 2.23. The number of carbonyl (C=O) groups is 1. The molecule has 1 atom stereocenters. The average molecular weight is 237 g/mol. The summed E-state index contributed by atoms with van der Waals surface area (Å²) in [5.74, 6) is 0.648. The molecule has 0 saturated heterocycles. The fraction of sp³-hybridized carbons (Fsp3) is 0.462. The van der Waals surface area contributed by atoms with Gasteiger partial charge in [0.1, 0.15) is 5.75 Å². The lowest BCUT2D eigenvalue weighted by molar-refractivity contribution is -0.140. The SMILES string of the molecule is COC(=O)CCN[C@@H](C)c1ccccc1OC. The second-order valence-electron chi connectivity index (χ2n) is 3.74. The Balaban J connectivity index is 2.51. The third kappa shape index (κ3) is 4.07. The van der Waals surface area contributed by atoms with E-state index in [2.05, 4.69) is 10.1 Å². The Labute approximate surface area is 102 Å². The van der Waals surface area contributed by atoms with Crippen molar-refractivity contribution in [1.29, 1.82) is 0 Å². The monoisotopic (exact) mass is 237 g/mol. The second-order valence-corrected chi connectivity index (χ2v) is 3.74. The summed E-state index contributed by atoms with van der Waals surface area (Å²) in [5.41, 5.74) is 1.08. The highest BCUT2D eigenvalue weighted by Gasteiger charge is 2.10. The van der Waals surface area contributed by atoms with Gasteiger partial charge in [0.15, 0.2) is 0 Å². The number of para-hydroxylation sites is 1. The van der Waals surface area contributed by atoms with Crippen molar-refractivity contribution in [2.24, 2.45) is 0 Å². The first-order valence-corrected chi connectivity index (χ1v) is 5.62. The Bertz CT molecular complexity index is 365. The van der Waals surface area contributed by atoms with Gasteiger partial charge in [-0.2, -0.15) is 0 Å². The summed E-state index contributed by atoms with van der Waals surface area (Å²) in [5, 5.41) is 3.26. The molecule has 4 nitrogen and oxygen atoms in total. The highest BCUT2D eigenvalue weighted by molar-refractivity contribution is 5.69. The Morgan fingerprint density at radius 1 is 1.35 bits per heavy atom. The van der Waals surface area contributed by atoms with E-state index >= 15 is 0 Å². The van der Waals surface area contributed by atoms with E-state index in [1.807, 2.05) is 31.2 Å². The number of hydrogen-bond donors (Lipinski definition) is 1. The predicted octanol–water partition coefficient (Wildman–Crippen LogP) is 1.91. The Kier molecular flexibility index (Phi) is 5.49. The molecule has 0 aliphatic rings. The van der Waals surface area contributed by atoms with Crippen molar-refractivity contribution in [2.45, 2.75) is 19.4 Å². The maximum absolute atomic E-state index is 11.0. The van der Waals surface area contributed by atoms with Gasteiger partial charge in [0.25, 0.3) is 0 Å². The van der Waals surface area contributed by atoms with Gasteiger partial charge >= 0.3 is 5.97 Å². The summed E-state index contributed by atoms with van der Waals surface area (Å²) in [7, 11) is 3.05. The molecule has 0 unspecified atom stereocenters. The zero-order valence-corrected chi connectivity index (χ0v) is 10.5. The van der Waals surface area contributed by atoms with Crippen molar-refractivity contribution < 1.29 is 14.3 Å². The molecule has 0 aliphatic carbocycles. The number of nitrogens with one attached hydrogen (secondary N) is 1. The van der Waals surface area contributed by atoms with Crippen LogP contribution in [-0.4, -0.2) is 26.7 Å². The highest BCUT2D eigenvalue weighted by atomic mass is 16.5. The molecular weight excluding hydrogens is 218 g/mol. The number of methoxy groups -OCH3 is 2. The van der Waals surface area contributed by atoms with E-state index in [1.165, 1.54) is 7.11 Å². The molecule has 4 heteroatoms. The fourth-order valence-electron chi connectivity index (χ4n) is 1.63. The standard InChI is InChI=1S/C13H19NO3/c1-10(14-9-8-13(15)17-3)11-6-4-5-7-12(11)16-2/h4-7,10,14H,8-9H2,1-3H3/t10-/m0/s1. The first-order chi connectivity index (χ1) is 8.19. The molecule has 0 spiro atoms. The average Bonchev–Trinajstić information content (AvgIpc) is 2.38. The summed E-state index contributed by atoms with van der Waals surface area (Å²) in [6, 6.07) is 7.97. The summed E-state index contributed by atoms with van der Waals surface area (Å²) >= 11 is 0. The first-order valence-electron chi connectivity index (χ1n) is 5.62. The van der Waals surface area contributed by atoms with E-state index in [9.17, 15) is 4.79 Å². The van der Waals surface area contributed by atoms with Gasteiger partial charge in [0.05, 0.1) is 20.6 Å². The topological polar surface area (TPSA) is 47.6 Å². The first kappa shape index (κ1) is 13.5. The van der Waals surface area contributed by atoms with Gasteiger partial charge < -0.3 is 14.8 Å². The minimum absolute atomic E-state index is 0.135. The summed E-state index contributed by atoms with van der Waals surface area (Å²) in [4.78, 5) is 11.0. The van der Waals surface area contributed by atoms with Gasteiger partial charge in [-0.25, -0.2) is 0 Å². The zero-order valence-electron chi connectivity index (χ0n) is 10.5. The van der Waals surface area contributed by atoms with Crippen molar-refractivity contribution in [3.8, 4) is 5.75 Å². The van der Waals surface area contributed by atoms with Crippen LogP contribution in [0.4, 0.5) is 0 Å². The molecule has 17 heavy (non-hydrogen) atoms. The van der Waals surface area contributed by atoms with E-state index in [-0.39, 0.29) is 12.0 Å². The van der Waals surface area contributed by atoms with E-state index in [0.29, 0.717) is 13.0 Å². The van der Waals surface area contributed by atoms with Gasteiger partial charge in [0, 0.05) is 18.2 Å². The van der Waals surface area contributed by atoms with Gasteiger partial charge in [-0.3, -0.25) is 4.79 Å². The largest absolute Gasteiger partial charge is 0.496 e. The molecular formula is C13H19NO3. The number of ether oxygens (including phenoxy) is 2. The Morgan fingerprint density at radius 3 is 2.71 bits per heavy atom. The smallest absolute Gasteiger partial charge is 0.306 e. The van der Waals surface area contributed by atoms with Crippen molar-refractivity contribution in [2.75, 3.05) is 20.8 Å². The van der Waals surface area contributed by atoms with Crippen LogP contribution in [0.3, 0.4) is 0 Å². The normalized spacial score (nSPS) is 11.9. The van der Waals surface area contributed by atoms with Crippen molar-refractivity contribution >= 4 is 5.97 Å². The molecule has 0 aliphatic heterocycles. The van der Waals surface area contributed by atoms with Crippen molar-refractivity contribution in [1.82, 2.24) is 5.32 Å². The van der Waals surface area contributed by atoms with Crippen LogP contribution in [0, 0.1) is 0 Å². The van der Waals surface area contributed by atoms with Gasteiger partial charge in [-0.15, -0.1) is 0 Å². The quantitative estimate of drug-likeness (QED) is 0.768. The molecule has 1 rings (SSSR count). The molecule has 94 valence electrons. The third-order valence-corrected chi connectivity index (χ3v) is 2.61. The van der Waals surface area contributed by atoms with Crippen LogP contribution in [0.2, 0.25) is 0 Å². The number of carbonyl (C=O) groups excluding carboxylic acids is 1. The van der Waals surface area contributed by atoms with Crippen LogP contribution in [0.25, 0.3) is 0 Å². The lowest BCUT2D eigenvalue weighted by atomic mass is 10.1. The number of hydrogen-bond acceptors (Lipinski definition) is 4. The van der Waals surface area contributed by atoms with Crippen LogP contribution < -0.4 is 10.1 Å². The Morgan fingerprint density at radius 2 is 2.06 bits per heavy atom. The van der Waals surface area contributed by atoms with Gasteiger partial charge in [-0.05, 0) is 13.0 Å². The van der Waals surface area contributed by atoms with Crippen molar-refractivity contribution in [3.05, 3.63) is 29.8 Å². The van der Waals surface area contributed by atoms with Crippen LogP contribution in [0.15, 0.2) is 24.3 Å². The number of esters is 1. The van der Waals surface area contributed by atoms with E-state index in [0.717, 1.165) is 11.3 Å². The fourth-order valence-corrected chi connectivity index (χ4v) is 1.63. The molecule has 0 amide bonds. The number of rotatable bonds is 6. The molecule has 0 fully saturated rings. The summed E-state index contributed by atoms with van der Waals surface area (Å²) in [6.07, 6.45) is 0.371. The molecule has 1 N–H and O–H groups in total. The summed E-state index contributed by atoms with van der Waals surface area (Å²) < 4.78 is 9.86. The van der Waals surface area contributed by atoms with E-state index in [4.69, 9.17) is 4.74 Å². The van der Waals surface area contributed by atoms with E-state index < -0.39 is 0 Å². The lowest BCUT2D eigenvalue weighted by Crippen LogP contribution is -2.22. The maximum atomic E-state index is 11.0. The van der Waals surface area contributed by atoms with Gasteiger partial charge in [0.2, 0.25) is 0 Å². The Hall–Kier alpha value is -1.55. The molecule has 0 heterocycles. The molecule has 1 aromatic carbocycles. The minimum atomic E-state index is -0.204. The lowest BCUT2D eigenvalue weighted by Gasteiger charge is -2.16. The molecule has 0 radical (unpaired) electrons. The molecule has 0 saturated carbocycles. The molecule has 0 aromatic heterocycles. The maximum Gasteiger partial charge on any atom is 0.306 e. The molecule has 1 aromatic rings. The van der Waals surface area contributed by atoms with Crippen LogP contribution in [-0.2, 0) is 9.53 Å². The van der Waals surface area contributed by atoms with Crippen molar-refractivity contribution in [3.63, 3.8) is 0 Å². The van der Waals surface area contributed by atoms with Gasteiger partial charge in [-0.1, -0.05) is 18.2 Å². The zero-order chi connectivity index (χ0) is 12.7. The summed E-state index contributed by atoms with van der Waals surface area (Å²) in [6.45, 7) is 2.63. The van der Waals surface area contributed by atoms with Crippen LogP contribution in [0.1, 0.15) is 24.9 Å². The predicted molar refractivity (Wildman–Crippen MR) is 66.0 cm³/mol. The van der Waals surface area contributed by atoms with Crippen LogP contribution in [0.5, 0.6) is 5.75 Å². The molecule has 0 bridgehead atoms. The van der Waals surface area contributed by atoms with E-state index in [1.54, 1.807) is 7.11 Å². The number of benzene rings is 1.